The lowest BCUT2D eigenvalue weighted by Crippen LogP contribution is -2.30. The largest absolute Gasteiger partial charge is 0.385 e. The molecule has 52 valence electrons. The van der Waals surface area contributed by atoms with E-state index >= 15 is 0 Å². The number of nitrogens with one attached hydrogen (secondary N) is 1. The Hall–Kier alpha value is -0.790. The van der Waals surface area contributed by atoms with E-state index in [4.69, 9.17) is 0 Å². The van der Waals surface area contributed by atoms with E-state index in [1.807, 2.05) is 0 Å². The zero-order valence-corrected chi connectivity index (χ0v) is 6.31. The highest BCUT2D eigenvalue weighted by atomic mass is 14.9. The van der Waals surface area contributed by atoms with E-state index in [2.05, 4.69) is 37.8 Å². The van der Waals surface area contributed by atoms with E-state index in [1.54, 1.807) is 12.4 Å². The second-order valence-corrected chi connectivity index (χ2v) is 2.89. The van der Waals surface area contributed by atoms with Gasteiger partial charge in [-0.3, -0.25) is 4.99 Å². The Morgan fingerprint density at radius 2 is 2.00 bits per heavy atom. The predicted octanol–water partition coefficient (Wildman–Crippen LogP) is 1.55. The van der Waals surface area contributed by atoms with Crippen LogP contribution in [-0.4, -0.2) is 12.3 Å². The highest BCUT2D eigenvalue weighted by Gasteiger charge is 2.03. The van der Waals surface area contributed by atoms with Gasteiger partial charge in [0.05, 0.1) is 0 Å². The third-order valence-corrected chi connectivity index (χ3v) is 0.696. The van der Waals surface area contributed by atoms with Crippen LogP contribution in [0.2, 0.25) is 0 Å². The molecule has 2 heteroatoms. The van der Waals surface area contributed by atoms with Gasteiger partial charge in [0.15, 0.2) is 0 Å². The molecule has 0 aromatic carbocycles. The van der Waals surface area contributed by atoms with Crippen molar-refractivity contribution in [3.8, 4) is 0 Å². The Balaban J connectivity index is 3.50. The molecule has 0 heterocycles. The molecule has 0 aliphatic heterocycles. The van der Waals surface area contributed by atoms with Crippen molar-refractivity contribution in [2.24, 2.45) is 4.99 Å². The maximum atomic E-state index is 3.55. The van der Waals surface area contributed by atoms with E-state index in [9.17, 15) is 0 Å². The van der Waals surface area contributed by atoms with Gasteiger partial charge in [-0.05, 0) is 27.5 Å². The molecule has 9 heavy (non-hydrogen) atoms. The Morgan fingerprint density at radius 1 is 1.44 bits per heavy atom. The van der Waals surface area contributed by atoms with Crippen molar-refractivity contribution >= 4 is 6.72 Å². The van der Waals surface area contributed by atoms with Crippen molar-refractivity contribution in [1.82, 2.24) is 5.32 Å². The molecule has 0 rings (SSSR count). The summed E-state index contributed by atoms with van der Waals surface area (Å²) in [4.78, 5) is 3.55. The highest BCUT2D eigenvalue weighted by Crippen LogP contribution is 1.96. The summed E-state index contributed by atoms with van der Waals surface area (Å²) >= 11 is 0. The number of hydrogen-bond acceptors (Lipinski definition) is 2. The minimum atomic E-state index is 0.126. The molecule has 0 radical (unpaired) electrons. The predicted molar refractivity (Wildman–Crippen MR) is 41.6 cm³/mol. The fraction of sp³-hybridized carbons (Fsp3) is 0.571. The van der Waals surface area contributed by atoms with E-state index in [1.165, 1.54) is 0 Å². The Kier molecular flexibility index (Phi) is 2.99. The average Bonchev–Trinajstić information content (AvgIpc) is 1.63. The van der Waals surface area contributed by atoms with Crippen LogP contribution in [0, 0.1) is 0 Å². The minimum Gasteiger partial charge on any atom is -0.385 e. The first-order chi connectivity index (χ1) is 4.06. The summed E-state index contributed by atoms with van der Waals surface area (Å²) in [5.41, 5.74) is 0.126. The van der Waals surface area contributed by atoms with Gasteiger partial charge in [-0.2, -0.15) is 0 Å². The number of nitrogens with zero attached hydrogens (tertiary/aromatic N) is 1. The van der Waals surface area contributed by atoms with Crippen molar-refractivity contribution < 1.29 is 0 Å². The van der Waals surface area contributed by atoms with Crippen LogP contribution in [0.4, 0.5) is 0 Å². The molecule has 0 aromatic heterocycles. The summed E-state index contributed by atoms with van der Waals surface area (Å²) in [6.07, 6.45) is 3.41. The second kappa shape index (κ2) is 3.28. The molecular weight excluding hydrogens is 112 g/mol. The van der Waals surface area contributed by atoms with E-state index in [0.717, 1.165) is 0 Å². The van der Waals surface area contributed by atoms with Crippen LogP contribution < -0.4 is 5.32 Å². The summed E-state index contributed by atoms with van der Waals surface area (Å²) < 4.78 is 0. The van der Waals surface area contributed by atoms with Gasteiger partial charge in [0, 0.05) is 17.9 Å². The maximum Gasteiger partial charge on any atom is 0.0417 e. The molecule has 0 aliphatic carbocycles. The third-order valence-electron chi connectivity index (χ3n) is 0.696. The highest BCUT2D eigenvalue weighted by molar-refractivity contribution is 5.25. The Morgan fingerprint density at radius 3 is 2.33 bits per heavy atom. The molecule has 0 aromatic rings. The zero-order chi connectivity index (χ0) is 7.33. The van der Waals surface area contributed by atoms with Crippen LogP contribution in [0.25, 0.3) is 0 Å². The van der Waals surface area contributed by atoms with Crippen molar-refractivity contribution in [2.45, 2.75) is 26.3 Å². The van der Waals surface area contributed by atoms with Gasteiger partial charge in [0.1, 0.15) is 0 Å². The van der Waals surface area contributed by atoms with Crippen molar-refractivity contribution in [3.63, 3.8) is 0 Å². The fourth-order valence-corrected chi connectivity index (χ4v) is 0.340. The van der Waals surface area contributed by atoms with Gasteiger partial charge >= 0.3 is 0 Å². The summed E-state index contributed by atoms with van der Waals surface area (Å²) in [6, 6.07) is 0. The van der Waals surface area contributed by atoms with Gasteiger partial charge in [-0.25, -0.2) is 0 Å². The van der Waals surface area contributed by atoms with Crippen molar-refractivity contribution in [3.05, 3.63) is 12.4 Å². The first kappa shape index (κ1) is 8.21. The molecule has 0 amide bonds. The van der Waals surface area contributed by atoms with Gasteiger partial charge in [-0.1, -0.05) is 0 Å². The Bertz CT molecular complexity index is 109. The van der Waals surface area contributed by atoms with Crippen LogP contribution in [0.5, 0.6) is 0 Å². The van der Waals surface area contributed by atoms with Gasteiger partial charge < -0.3 is 5.32 Å². The van der Waals surface area contributed by atoms with Crippen LogP contribution in [-0.2, 0) is 0 Å². The number of hydrogen-bond donors (Lipinski definition) is 1. The third kappa shape index (κ3) is 7.21. The topological polar surface area (TPSA) is 24.4 Å². The van der Waals surface area contributed by atoms with E-state index in [-0.39, 0.29) is 5.54 Å². The van der Waals surface area contributed by atoms with Crippen LogP contribution in [0.1, 0.15) is 20.8 Å². The molecule has 0 unspecified atom stereocenters. The first-order valence-corrected chi connectivity index (χ1v) is 2.95. The minimum absolute atomic E-state index is 0.126. The number of aliphatic imine (C=N–C) groups is 1. The average molecular weight is 126 g/mol. The standard InChI is InChI=1S/C7H14N2/c1-7(2,3)9-6-5-8-4/h5-6,9H,4H2,1-3H3/b6-5-. The second-order valence-electron chi connectivity index (χ2n) is 2.89. The molecule has 0 bridgehead atoms. The van der Waals surface area contributed by atoms with Gasteiger partial charge in [0.25, 0.3) is 0 Å². The summed E-state index contributed by atoms with van der Waals surface area (Å²) in [6.45, 7) is 9.55. The summed E-state index contributed by atoms with van der Waals surface area (Å²) in [5.74, 6) is 0. The number of rotatable bonds is 2. The van der Waals surface area contributed by atoms with E-state index in [0.29, 0.717) is 0 Å². The van der Waals surface area contributed by atoms with Crippen LogP contribution in [0.15, 0.2) is 17.4 Å². The quantitative estimate of drug-likeness (QED) is 0.558. The smallest absolute Gasteiger partial charge is 0.0417 e. The molecule has 0 saturated carbocycles. The molecule has 0 aliphatic rings. The van der Waals surface area contributed by atoms with Crippen LogP contribution >= 0.6 is 0 Å². The van der Waals surface area contributed by atoms with Crippen molar-refractivity contribution in [1.29, 1.82) is 0 Å². The van der Waals surface area contributed by atoms with E-state index < -0.39 is 0 Å². The Labute approximate surface area is 56.7 Å². The summed E-state index contributed by atoms with van der Waals surface area (Å²) in [7, 11) is 0. The molecule has 2 nitrogen and oxygen atoms in total. The van der Waals surface area contributed by atoms with Gasteiger partial charge in [0.2, 0.25) is 0 Å². The molecule has 0 saturated heterocycles. The zero-order valence-electron chi connectivity index (χ0n) is 6.31. The first-order valence-electron chi connectivity index (χ1n) is 2.95. The summed E-state index contributed by atoms with van der Waals surface area (Å²) in [5, 5.41) is 3.11. The molecule has 0 spiro atoms. The lowest BCUT2D eigenvalue weighted by molar-refractivity contribution is 0.491. The SMILES string of the molecule is C=N/C=C\NC(C)(C)C. The fourth-order valence-electron chi connectivity index (χ4n) is 0.340. The molecule has 0 fully saturated rings. The lowest BCUT2D eigenvalue weighted by Gasteiger charge is -2.17. The molecular formula is C7H14N2. The monoisotopic (exact) mass is 126 g/mol. The van der Waals surface area contributed by atoms with Crippen LogP contribution in [0.3, 0.4) is 0 Å². The lowest BCUT2D eigenvalue weighted by atomic mass is 10.1. The molecule has 0 atom stereocenters. The maximum absolute atomic E-state index is 3.55. The normalized spacial score (nSPS) is 11.9. The molecule has 1 N–H and O–H groups in total. The van der Waals surface area contributed by atoms with Gasteiger partial charge in [-0.15, -0.1) is 0 Å². The van der Waals surface area contributed by atoms with Crippen molar-refractivity contribution in [2.75, 3.05) is 0 Å².